The molecule has 254 valence electrons. The number of aliphatic carboxylic acids is 1. The van der Waals surface area contributed by atoms with Crippen molar-refractivity contribution < 1.29 is 44.2 Å². The largest absolute Gasteiger partial charge is 0.516 e. The Morgan fingerprint density at radius 2 is 1.66 bits per heavy atom. The molecule has 15 atom stereocenters. The molecule has 5 unspecified atom stereocenters. The molecule has 0 amide bonds. The molecule has 9 heteroatoms. The van der Waals surface area contributed by atoms with Crippen molar-refractivity contribution in [2.24, 2.45) is 35.5 Å². The Labute approximate surface area is 264 Å². The van der Waals surface area contributed by atoms with Crippen LogP contribution in [0.5, 0.6) is 0 Å². The molecule has 0 aromatic rings. The van der Waals surface area contributed by atoms with Gasteiger partial charge in [-0.2, -0.15) is 0 Å². The third-order valence-electron chi connectivity index (χ3n) is 11.6. The first kappa shape index (κ1) is 35.6. The summed E-state index contributed by atoms with van der Waals surface area (Å²) in [5.41, 5.74) is 0.310. The fourth-order valence-electron chi connectivity index (χ4n) is 8.82. The normalized spacial score (nSPS) is 42.7. The monoisotopic (exact) mass is 624 g/mol. The smallest absolute Gasteiger partial charge is 0.306 e. The zero-order valence-electron chi connectivity index (χ0n) is 28.1. The minimum Gasteiger partial charge on any atom is -0.516 e. The Bertz CT molecular complexity index is 972. The molecule has 0 bridgehead atoms. The highest BCUT2D eigenvalue weighted by Gasteiger charge is 2.55. The number of aliphatic hydroxyl groups is 3. The Hall–Kier alpha value is -1.23. The van der Waals surface area contributed by atoms with Gasteiger partial charge in [-0.3, -0.25) is 4.79 Å². The fraction of sp³-hybridized carbons (Fsp3) is 0.914. The highest BCUT2D eigenvalue weighted by atomic mass is 16.6. The van der Waals surface area contributed by atoms with Gasteiger partial charge in [-0.25, -0.2) is 0 Å². The van der Waals surface area contributed by atoms with Crippen LogP contribution in [0.3, 0.4) is 0 Å². The van der Waals surface area contributed by atoms with Crippen LogP contribution in [0.1, 0.15) is 106 Å². The standard InChI is InChI=1S/C35H60O9/c1-8-35(33-22(5)15-30(43-33)32-21(4)14-20(3)31(18-37)42-32)12-11-29(44-35)28-10-9-25(41-28)16-27(38)24(7)26(17-36)19(2)13-23(6)34(39)40/h17,19-25,27-33,36-38H,8-16,18H2,1-7H3,(H,39,40)/b26-17+/t19-,20+,21-,22-,23-,24-,25?,27-,28-,29?,30?,31?,32?,33+,35-/m0/s1. The molecular formula is C35H60O9. The maximum Gasteiger partial charge on any atom is 0.306 e. The van der Waals surface area contributed by atoms with Crippen molar-refractivity contribution in [2.75, 3.05) is 6.61 Å². The van der Waals surface area contributed by atoms with Crippen LogP contribution in [-0.2, 0) is 23.7 Å². The molecule has 0 aromatic carbocycles. The molecule has 0 spiro atoms. The number of ether oxygens (including phenoxy) is 4. The van der Waals surface area contributed by atoms with Crippen molar-refractivity contribution in [2.45, 2.75) is 161 Å². The summed E-state index contributed by atoms with van der Waals surface area (Å²) >= 11 is 0. The molecular weight excluding hydrogens is 564 g/mol. The van der Waals surface area contributed by atoms with Crippen molar-refractivity contribution in [1.29, 1.82) is 0 Å². The van der Waals surface area contributed by atoms with E-state index in [1.807, 2.05) is 13.8 Å². The van der Waals surface area contributed by atoms with Crippen LogP contribution >= 0.6 is 0 Å². The van der Waals surface area contributed by atoms with Crippen LogP contribution in [0.4, 0.5) is 0 Å². The number of carbonyl (C=O) groups is 1. The van der Waals surface area contributed by atoms with Gasteiger partial charge in [0.25, 0.3) is 0 Å². The molecule has 4 aliphatic heterocycles. The third-order valence-corrected chi connectivity index (χ3v) is 11.6. The van der Waals surface area contributed by atoms with E-state index in [0.717, 1.165) is 51.2 Å². The van der Waals surface area contributed by atoms with Crippen molar-refractivity contribution >= 4 is 5.97 Å². The average Bonchev–Trinajstić information content (AvgIpc) is 3.72. The van der Waals surface area contributed by atoms with Crippen molar-refractivity contribution in [3.63, 3.8) is 0 Å². The van der Waals surface area contributed by atoms with Crippen LogP contribution in [0, 0.1) is 35.5 Å². The van der Waals surface area contributed by atoms with Crippen LogP contribution in [0.15, 0.2) is 11.8 Å². The van der Waals surface area contributed by atoms with Crippen molar-refractivity contribution in [3.05, 3.63) is 11.8 Å². The van der Waals surface area contributed by atoms with Gasteiger partial charge in [-0.1, -0.05) is 48.5 Å². The van der Waals surface area contributed by atoms with Gasteiger partial charge in [0.05, 0.1) is 73.2 Å². The molecule has 4 fully saturated rings. The summed E-state index contributed by atoms with van der Waals surface area (Å²) in [4.78, 5) is 11.3. The Balaban J connectivity index is 1.31. The predicted octanol–water partition coefficient (Wildman–Crippen LogP) is 5.65. The van der Waals surface area contributed by atoms with Crippen molar-refractivity contribution in [3.8, 4) is 0 Å². The summed E-state index contributed by atoms with van der Waals surface area (Å²) in [5, 5.41) is 40.2. The third kappa shape index (κ3) is 7.66. The number of aliphatic hydroxyl groups excluding tert-OH is 3. The Kier molecular flexibility index (Phi) is 12.2. The van der Waals surface area contributed by atoms with Gasteiger partial charge in [0.2, 0.25) is 0 Å². The van der Waals surface area contributed by atoms with E-state index in [1.54, 1.807) is 6.92 Å². The first-order valence-electron chi connectivity index (χ1n) is 17.3. The molecule has 44 heavy (non-hydrogen) atoms. The molecule has 4 N–H and O–H groups in total. The van der Waals surface area contributed by atoms with Gasteiger partial charge in [0.1, 0.15) is 0 Å². The van der Waals surface area contributed by atoms with E-state index in [1.165, 1.54) is 0 Å². The lowest BCUT2D eigenvalue weighted by atomic mass is 9.81. The quantitative estimate of drug-likeness (QED) is 0.192. The number of rotatable bonds is 13. The zero-order valence-corrected chi connectivity index (χ0v) is 28.1. The van der Waals surface area contributed by atoms with E-state index in [0.29, 0.717) is 36.2 Å². The second kappa shape index (κ2) is 15.1. The fourth-order valence-corrected chi connectivity index (χ4v) is 8.82. The highest BCUT2D eigenvalue weighted by Crippen LogP contribution is 2.48. The van der Waals surface area contributed by atoms with E-state index < -0.39 is 18.0 Å². The molecule has 4 rings (SSSR count). The number of carboxylic acids is 1. The zero-order chi connectivity index (χ0) is 32.3. The predicted molar refractivity (Wildman–Crippen MR) is 167 cm³/mol. The van der Waals surface area contributed by atoms with E-state index in [-0.39, 0.29) is 66.8 Å². The maximum atomic E-state index is 11.3. The minimum absolute atomic E-state index is 0.00105. The van der Waals surface area contributed by atoms with E-state index in [4.69, 9.17) is 18.9 Å². The second-order valence-corrected chi connectivity index (χ2v) is 14.9. The van der Waals surface area contributed by atoms with Gasteiger partial charge >= 0.3 is 5.97 Å². The number of carboxylic acid groups (broad SMARTS) is 1. The topological polar surface area (TPSA) is 135 Å². The molecule has 4 aliphatic rings. The summed E-state index contributed by atoms with van der Waals surface area (Å²) in [6.07, 6.45) is 7.29. The first-order valence-corrected chi connectivity index (χ1v) is 17.3. The van der Waals surface area contributed by atoms with Crippen LogP contribution in [0.25, 0.3) is 0 Å². The molecule has 0 aliphatic carbocycles. The molecule has 0 aromatic heterocycles. The highest BCUT2D eigenvalue weighted by molar-refractivity contribution is 5.69. The van der Waals surface area contributed by atoms with Gasteiger partial charge < -0.3 is 39.4 Å². The van der Waals surface area contributed by atoms with E-state index in [9.17, 15) is 25.2 Å². The summed E-state index contributed by atoms with van der Waals surface area (Å²) in [6, 6.07) is 0. The SMILES string of the molecule is CC[C@@]1([C@@H]2OC(C3OC(CO)[C@H](C)C[C@@H]3C)C[C@@H]2C)CCC([C@@H]2CCC(C[C@H](O)[C@@H](C)/C(=C/O)[C@@H](C)C[C@H](C)C(=O)O)O2)O1. The average molecular weight is 625 g/mol. The molecule has 0 radical (unpaired) electrons. The number of hydrogen-bond acceptors (Lipinski definition) is 8. The van der Waals surface area contributed by atoms with Gasteiger partial charge in [0.15, 0.2) is 0 Å². The van der Waals surface area contributed by atoms with Crippen molar-refractivity contribution in [1.82, 2.24) is 0 Å². The second-order valence-electron chi connectivity index (χ2n) is 14.9. The lowest BCUT2D eigenvalue weighted by Crippen LogP contribution is -2.49. The minimum atomic E-state index is -0.860. The van der Waals surface area contributed by atoms with Gasteiger partial charge in [0, 0.05) is 12.3 Å². The molecule has 9 nitrogen and oxygen atoms in total. The lowest BCUT2D eigenvalue weighted by molar-refractivity contribution is -0.202. The summed E-state index contributed by atoms with van der Waals surface area (Å²) < 4.78 is 26.6. The van der Waals surface area contributed by atoms with Crippen LogP contribution in [0.2, 0.25) is 0 Å². The Morgan fingerprint density at radius 1 is 0.932 bits per heavy atom. The van der Waals surface area contributed by atoms with E-state index >= 15 is 0 Å². The molecule has 4 saturated heterocycles. The number of hydrogen-bond donors (Lipinski definition) is 4. The maximum absolute atomic E-state index is 11.3. The summed E-state index contributed by atoms with van der Waals surface area (Å²) in [6.45, 7) is 14.3. The van der Waals surface area contributed by atoms with Crippen LogP contribution in [-0.4, -0.2) is 87.4 Å². The Morgan fingerprint density at radius 3 is 2.30 bits per heavy atom. The van der Waals surface area contributed by atoms with E-state index in [2.05, 4.69) is 27.7 Å². The molecule has 4 heterocycles. The summed E-state index contributed by atoms with van der Waals surface area (Å²) in [7, 11) is 0. The first-order chi connectivity index (χ1) is 20.8. The summed E-state index contributed by atoms with van der Waals surface area (Å²) in [5.74, 6) is -0.804. The molecule has 0 saturated carbocycles. The van der Waals surface area contributed by atoms with Crippen LogP contribution < -0.4 is 0 Å². The van der Waals surface area contributed by atoms with Gasteiger partial charge in [-0.15, -0.1) is 0 Å². The van der Waals surface area contributed by atoms with Gasteiger partial charge in [-0.05, 0) is 80.6 Å². The lowest BCUT2D eigenvalue weighted by Gasteiger charge is -2.42.